The number of nitrogens with one attached hydrogen (secondary N) is 2. The number of amides is 2. The number of halogens is 1. The molecule has 4 aliphatic carbocycles. The predicted molar refractivity (Wildman–Crippen MR) is 111 cm³/mol. The number of hydrogen-bond acceptors (Lipinski definition) is 3. The zero-order valence-corrected chi connectivity index (χ0v) is 17.8. The second-order valence-corrected chi connectivity index (χ2v) is 10.3. The fraction of sp³-hybridized carbons (Fsp3) is 0.909. The Morgan fingerprint density at radius 1 is 1.04 bits per heavy atom. The SMILES string of the molecule is Cl.O=C(NCCC1CCNC1)C1CCCN1C(=O)C12CC3CC(CC(C3)C1)C2. The molecule has 6 fully saturated rings. The molecule has 2 N–H and O–H groups in total. The van der Waals surface area contributed by atoms with Crippen molar-refractivity contribution in [1.29, 1.82) is 0 Å². The fourth-order valence-electron chi connectivity index (χ4n) is 7.44. The fourth-order valence-corrected chi connectivity index (χ4v) is 7.44. The maximum atomic E-state index is 13.6. The first-order valence-electron chi connectivity index (χ1n) is 11.4. The van der Waals surface area contributed by atoms with Crippen molar-refractivity contribution in [3.05, 3.63) is 0 Å². The third-order valence-electron chi connectivity index (χ3n) is 8.32. The molecule has 158 valence electrons. The van der Waals surface area contributed by atoms with Gasteiger partial charge in [-0.05, 0) is 101 Å². The van der Waals surface area contributed by atoms with E-state index in [0.717, 1.165) is 82.5 Å². The van der Waals surface area contributed by atoms with Crippen LogP contribution in [0.2, 0.25) is 0 Å². The average molecular weight is 410 g/mol. The van der Waals surface area contributed by atoms with Gasteiger partial charge < -0.3 is 15.5 Å². The van der Waals surface area contributed by atoms with Gasteiger partial charge in [0.05, 0.1) is 5.41 Å². The molecule has 2 unspecified atom stereocenters. The van der Waals surface area contributed by atoms with Crippen LogP contribution in [0.1, 0.15) is 64.2 Å². The maximum Gasteiger partial charge on any atom is 0.242 e. The smallest absolute Gasteiger partial charge is 0.242 e. The molecule has 5 nitrogen and oxygen atoms in total. The normalized spacial score (nSPS) is 41.1. The van der Waals surface area contributed by atoms with Crippen LogP contribution in [0.3, 0.4) is 0 Å². The summed E-state index contributed by atoms with van der Waals surface area (Å²) in [5, 5.41) is 6.53. The van der Waals surface area contributed by atoms with Crippen LogP contribution in [0.4, 0.5) is 0 Å². The van der Waals surface area contributed by atoms with Gasteiger partial charge >= 0.3 is 0 Å². The minimum absolute atomic E-state index is 0. The van der Waals surface area contributed by atoms with Gasteiger partial charge in [0.25, 0.3) is 0 Å². The van der Waals surface area contributed by atoms with Crippen molar-refractivity contribution in [2.75, 3.05) is 26.2 Å². The van der Waals surface area contributed by atoms with Crippen LogP contribution in [0.15, 0.2) is 0 Å². The minimum Gasteiger partial charge on any atom is -0.354 e. The molecule has 2 amide bonds. The van der Waals surface area contributed by atoms with Crippen LogP contribution < -0.4 is 10.6 Å². The molecule has 6 rings (SSSR count). The van der Waals surface area contributed by atoms with E-state index in [2.05, 4.69) is 10.6 Å². The van der Waals surface area contributed by atoms with Gasteiger partial charge in [0.15, 0.2) is 0 Å². The van der Waals surface area contributed by atoms with Gasteiger partial charge in [-0.15, -0.1) is 12.4 Å². The summed E-state index contributed by atoms with van der Waals surface area (Å²) in [6.07, 6.45) is 11.4. The Morgan fingerprint density at radius 2 is 1.71 bits per heavy atom. The lowest BCUT2D eigenvalue weighted by molar-refractivity contribution is -0.160. The summed E-state index contributed by atoms with van der Waals surface area (Å²) in [5.41, 5.74) is -0.118. The van der Waals surface area contributed by atoms with Crippen molar-refractivity contribution in [2.45, 2.75) is 70.3 Å². The van der Waals surface area contributed by atoms with E-state index in [1.807, 2.05) is 4.90 Å². The van der Waals surface area contributed by atoms with Crippen molar-refractivity contribution in [3.63, 3.8) is 0 Å². The summed E-state index contributed by atoms with van der Waals surface area (Å²) < 4.78 is 0. The minimum atomic E-state index is -0.216. The van der Waals surface area contributed by atoms with E-state index in [-0.39, 0.29) is 29.8 Å². The third kappa shape index (κ3) is 3.69. The van der Waals surface area contributed by atoms with E-state index in [1.165, 1.54) is 25.7 Å². The Balaban J connectivity index is 0.00000192. The summed E-state index contributed by atoms with van der Waals surface area (Å²) in [7, 11) is 0. The van der Waals surface area contributed by atoms with Crippen LogP contribution in [-0.2, 0) is 9.59 Å². The third-order valence-corrected chi connectivity index (χ3v) is 8.32. The highest BCUT2D eigenvalue weighted by atomic mass is 35.5. The topological polar surface area (TPSA) is 61.4 Å². The summed E-state index contributed by atoms with van der Waals surface area (Å²) in [4.78, 5) is 28.5. The van der Waals surface area contributed by atoms with E-state index >= 15 is 0 Å². The van der Waals surface area contributed by atoms with E-state index in [4.69, 9.17) is 0 Å². The Hall–Kier alpha value is -0.810. The molecule has 0 aromatic heterocycles. The molecular weight excluding hydrogens is 374 g/mol. The maximum absolute atomic E-state index is 13.6. The molecule has 2 atom stereocenters. The molecule has 28 heavy (non-hydrogen) atoms. The monoisotopic (exact) mass is 409 g/mol. The molecule has 6 aliphatic rings. The average Bonchev–Trinajstić information content (AvgIpc) is 3.31. The van der Waals surface area contributed by atoms with E-state index in [9.17, 15) is 9.59 Å². The van der Waals surface area contributed by atoms with Gasteiger partial charge in [-0.1, -0.05) is 0 Å². The number of nitrogens with zero attached hydrogens (tertiary/aromatic N) is 1. The molecule has 6 heteroatoms. The highest BCUT2D eigenvalue weighted by Gasteiger charge is 2.56. The van der Waals surface area contributed by atoms with Crippen molar-refractivity contribution < 1.29 is 9.59 Å². The molecule has 2 saturated heterocycles. The lowest BCUT2D eigenvalue weighted by Gasteiger charge is -2.56. The molecular formula is C22H36ClN3O2. The summed E-state index contributed by atoms with van der Waals surface area (Å²) in [5.74, 6) is 3.44. The van der Waals surface area contributed by atoms with Gasteiger partial charge in [-0.3, -0.25) is 9.59 Å². The molecule has 0 radical (unpaired) electrons. The Labute approximate surface area is 175 Å². The second-order valence-electron chi connectivity index (χ2n) is 10.3. The molecule has 2 aliphatic heterocycles. The van der Waals surface area contributed by atoms with Crippen molar-refractivity contribution >= 4 is 24.2 Å². The lowest BCUT2D eigenvalue weighted by Crippen LogP contribution is -2.57. The van der Waals surface area contributed by atoms with Gasteiger partial charge in [0.2, 0.25) is 11.8 Å². The molecule has 4 saturated carbocycles. The van der Waals surface area contributed by atoms with Crippen LogP contribution in [0, 0.1) is 29.1 Å². The second kappa shape index (κ2) is 8.14. The van der Waals surface area contributed by atoms with Gasteiger partial charge in [0, 0.05) is 13.1 Å². The molecule has 4 bridgehead atoms. The first-order chi connectivity index (χ1) is 13.1. The number of carbonyl (C=O) groups is 2. The largest absolute Gasteiger partial charge is 0.354 e. The van der Waals surface area contributed by atoms with Crippen molar-refractivity contribution in [2.24, 2.45) is 29.1 Å². The van der Waals surface area contributed by atoms with Crippen LogP contribution >= 0.6 is 12.4 Å². The summed E-state index contributed by atoms with van der Waals surface area (Å²) in [6.45, 7) is 3.72. The zero-order valence-electron chi connectivity index (χ0n) is 17.0. The molecule has 0 aromatic carbocycles. The van der Waals surface area contributed by atoms with Crippen LogP contribution in [-0.4, -0.2) is 48.9 Å². The molecule has 2 heterocycles. The quantitative estimate of drug-likeness (QED) is 0.733. The van der Waals surface area contributed by atoms with Gasteiger partial charge in [0.1, 0.15) is 6.04 Å². The number of hydrogen-bond donors (Lipinski definition) is 2. The number of rotatable bonds is 5. The molecule has 0 spiro atoms. The van der Waals surface area contributed by atoms with Gasteiger partial charge in [-0.25, -0.2) is 0 Å². The van der Waals surface area contributed by atoms with Gasteiger partial charge in [-0.2, -0.15) is 0 Å². The van der Waals surface area contributed by atoms with Crippen molar-refractivity contribution in [1.82, 2.24) is 15.5 Å². The first-order valence-corrected chi connectivity index (χ1v) is 11.4. The van der Waals surface area contributed by atoms with Crippen LogP contribution in [0.5, 0.6) is 0 Å². The predicted octanol–water partition coefficient (Wildman–Crippen LogP) is 2.73. The Morgan fingerprint density at radius 3 is 2.32 bits per heavy atom. The Bertz CT molecular complexity index is 569. The first kappa shape index (κ1) is 20.5. The lowest BCUT2D eigenvalue weighted by atomic mass is 9.49. The summed E-state index contributed by atoms with van der Waals surface area (Å²) >= 11 is 0. The highest BCUT2D eigenvalue weighted by molar-refractivity contribution is 5.91. The number of carbonyl (C=O) groups excluding carboxylic acids is 2. The van der Waals surface area contributed by atoms with Crippen molar-refractivity contribution in [3.8, 4) is 0 Å². The van der Waals surface area contributed by atoms with E-state index < -0.39 is 0 Å². The van der Waals surface area contributed by atoms with E-state index in [0.29, 0.717) is 11.8 Å². The summed E-state index contributed by atoms with van der Waals surface area (Å²) in [6, 6.07) is -0.216. The highest BCUT2D eigenvalue weighted by Crippen LogP contribution is 2.60. The van der Waals surface area contributed by atoms with Crippen LogP contribution in [0.25, 0.3) is 0 Å². The standard InChI is InChI=1S/C22H35N3O2.ClH/c26-20(24-6-4-15-3-5-23-14-15)19-2-1-7-25(19)21(27)22-11-16-8-17(12-22)10-18(9-16)13-22;/h15-19,23H,1-14H2,(H,24,26);1H. The molecule has 0 aromatic rings. The van der Waals surface area contributed by atoms with E-state index in [1.54, 1.807) is 0 Å². The Kier molecular flexibility index (Phi) is 5.95. The zero-order chi connectivity index (χ0) is 18.4. The number of likely N-dealkylation sites (tertiary alicyclic amines) is 1.